The normalized spacial score (nSPS) is 36.1. The van der Waals surface area contributed by atoms with Gasteiger partial charge in [-0.25, -0.2) is 0 Å². The molecule has 1 aromatic rings. The monoisotopic (exact) mass is 230 g/mol. The molecule has 0 aromatic heterocycles. The molecule has 17 heavy (non-hydrogen) atoms. The Hall–Kier alpha value is -0.980. The second kappa shape index (κ2) is 3.76. The molecular weight excluding hydrogens is 208 g/mol. The zero-order chi connectivity index (χ0) is 12.0. The first-order valence-electron chi connectivity index (χ1n) is 6.93. The van der Waals surface area contributed by atoms with Crippen LogP contribution < -0.4 is 0 Å². The number of rotatable bonds is 0. The zero-order valence-electron chi connectivity index (χ0n) is 10.9. The second-order valence-corrected chi connectivity index (χ2v) is 6.27. The Morgan fingerprint density at radius 3 is 2.94 bits per heavy atom. The number of hydrogen-bond donors (Lipinski definition) is 1. The molecule has 1 saturated carbocycles. The van der Waals surface area contributed by atoms with Gasteiger partial charge in [-0.15, -0.1) is 0 Å². The van der Waals surface area contributed by atoms with Crippen LogP contribution in [0.2, 0.25) is 0 Å². The molecule has 2 aliphatic carbocycles. The molecule has 0 bridgehead atoms. The van der Waals surface area contributed by atoms with Gasteiger partial charge in [0.2, 0.25) is 0 Å². The van der Waals surface area contributed by atoms with Crippen LogP contribution in [0.1, 0.15) is 50.7 Å². The Labute approximate surface area is 104 Å². The van der Waals surface area contributed by atoms with Gasteiger partial charge in [-0.1, -0.05) is 32.8 Å². The summed E-state index contributed by atoms with van der Waals surface area (Å²) in [5, 5.41) is 9.76. The van der Waals surface area contributed by atoms with E-state index in [1.807, 2.05) is 12.1 Å². The highest BCUT2D eigenvalue weighted by Crippen LogP contribution is 2.52. The molecule has 1 fully saturated rings. The number of phenols is 1. The van der Waals surface area contributed by atoms with E-state index in [2.05, 4.69) is 19.9 Å². The van der Waals surface area contributed by atoms with Crippen LogP contribution in [0.5, 0.6) is 5.75 Å². The molecule has 2 aliphatic rings. The van der Waals surface area contributed by atoms with Crippen molar-refractivity contribution >= 4 is 0 Å². The number of aromatic hydroxyl groups is 1. The van der Waals surface area contributed by atoms with E-state index in [0.29, 0.717) is 11.2 Å². The maximum absolute atomic E-state index is 9.76. The van der Waals surface area contributed by atoms with Crippen LogP contribution in [-0.2, 0) is 11.8 Å². The van der Waals surface area contributed by atoms with Crippen molar-refractivity contribution in [1.82, 2.24) is 0 Å². The first-order valence-corrected chi connectivity index (χ1v) is 6.93. The first kappa shape index (κ1) is 11.1. The Kier molecular flexibility index (Phi) is 2.46. The van der Waals surface area contributed by atoms with Gasteiger partial charge in [-0.3, -0.25) is 0 Å². The van der Waals surface area contributed by atoms with Gasteiger partial charge in [0.15, 0.2) is 0 Å². The first-order chi connectivity index (χ1) is 8.11. The smallest absolute Gasteiger partial charge is 0.115 e. The number of benzene rings is 1. The van der Waals surface area contributed by atoms with Crippen molar-refractivity contribution in [3.63, 3.8) is 0 Å². The summed E-state index contributed by atoms with van der Waals surface area (Å²) in [6, 6.07) is 6.00. The van der Waals surface area contributed by atoms with E-state index in [1.165, 1.54) is 43.2 Å². The lowest BCUT2D eigenvalue weighted by Crippen LogP contribution is -2.43. The standard InChI is InChI=1S/C16H22O/c1-11-4-3-9-16(2)14(11)8-6-12-5-7-13(17)10-15(12)16/h5,7,10-11,14,17H,3-4,6,8-9H2,1-2H3. The van der Waals surface area contributed by atoms with Crippen LogP contribution >= 0.6 is 0 Å². The summed E-state index contributed by atoms with van der Waals surface area (Å²) < 4.78 is 0. The lowest BCUT2D eigenvalue weighted by atomic mass is 9.55. The molecule has 92 valence electrons. The minimum atomic E-state index is 0.310. The van der Waals surface area contributed by atoms with Crippen molar-refractivity contribution < 1.29 is 5.11 Å². The molecule has 3 atom stereocenters. The van der Waals surface area contributed by atoms with Crippen molar-refractivity contribution in [1.29, 1.82) is 0 Å². The summed E-state index contributed by atoms with van der Waals surface area (Å²) in [6.07, 6.45) is 6.53. The average Bonchev–Trinajstić information content (AvgIpc) is 2.29. The number of fused-ring (bicyclic) bond motifs is 3. The highest BCUT2D eigenvalue weighted by Gasteiger charge is 2.44. The Morgan fingerprint density at radius 1 is 1.29 bits per heavy atom. The third-order valence-corrected chi connectivity index (χ3v) is 5.29. The summed E-state index contributed by atoms with van der Waals surface area (Å²) in [6.45, 7) is 4.83. The van der Waals surface area contributed by atoms with Gasteiger partial charge < -0.3 is 5.11 Å². The van der Waals surface area contributed by atoms with E-state index in [-0.39, 0.29) is 0 Å². The van der Waals surface area contributed by atoms with Crippen molar-refractivity contribution in [3.05, 3.63) is 29.3 Å². The Bertz CT molecular complexity index is 437. The molecule has 0 saturated heterocycles. The summed E-state index contributed by atoms with van der Waals surface area (Å²) in [5.41, 5.74) is 3.21. The lowest BCUT2D eigenvalue weighted by Gasteiger charge is -2.49. The van der Waals surface area contributed by atoms with Crippen LogP contribution in [-0.4, -0.2) is 5.11 Å². The summed E-state index contributed by atoms with van der Waals surface area (Å²) >= 11 is 0. The molecule has 1 heteroatoms. The maximum atomic E-state index is 9.76. The average molecular weight is 230 g/mol. The van der Waals surface area contributed by atoms with Gasteiger partial charge in [-0.05, 0) is 59.8 Å². The van der Waals surface area contributed by atoms with E-state index in [0.717, 1.165) is 11.8 Å². The Morgan fingerprint density at radius 2 is 2.12 bits per heavy atom. The largest absolute Gasteiger partial charge is 0.508 e. The minimum absolute atomic E-state index is 0.310. The zero-order valence-corrected chi connectivity index (χ0v) is 10.9. The quantitative estimate of drug-likeness (QED) is 0.713. The van der Waals surface area contributed by atoms with Crippen LogP contribution in [0.25, 0.3) is 0 Å². The van der Waals surface area contributed by atoms with Crippen LogP contribution in [0.3, 0.4) is 0 Å². The molecule has 0 radical (unpaired) electrons. The van der Waals surface area contributed by atoms with E-state index < -0.39 is 0 Å². The predicted octanol–water partition coefficient (Wildman–Crippen LogP) is 4.03. The maximum Gasteiger partial charge on any atom is 0.115 e. The molecule has 1 N–H and O–H groups in total. The van der Waals surface area contributed by atoms with Crippen molar-refractivity contribution in [2.24, 2.45) is 11.8 Å². The van der Waals surface area contributed by atoms with E-state index in [4.69, 9.17) is 0 Å². The Balaban J connectivity index is 2.11. The van der Waals surface area contributed by atoms with Gasteiger partial charge in [0.25, 0.3) is 0 Å². The van der Waals surface area contributed by atoms with Gasteiger partial charge in [0.05, 0.1) is 0 Å². The summed E-state index contributed by atoms with van der Waals surface area (Å²) in [5.74, 6) is 2.08. The summed E-state index contributed by atoms with van der Waals surface area (Å²) in [4.78, 5) is 0. The molecule has 0 aliphatic heterocycles. The van der Waals surface area contributed by atoms with Gasteiger partial charge in [0.1, 0.15) is 5.75 Å². The van der Waals surface area contributed by atoms with E-state index >= 15 is 0 Å². The van der Waals surface area contributed by atoms with E-state index in [1.54, 1.807) is 0 Å². The van der Waals surface area contributed by atoms with Crippen molar-refractivity contribution in [2.75, 3.05) is 0 Å². The molecule has 1 nitrogen and oxygen atoms in total. The van der Waals surface area contributed by atoms with E-state index in [9.17, 15) is 5.11 Å². The third-order valence-electron chi connectivity index (χ3n) is 5.29. The minimum Gasteiger partial charge on any atom is -0.508 e. The molecule has 3 rings (SSSR count). The SMILES string of the molecule is CC1CCCC2(C)c3cc(O)ccc3CCC12. The van der Waals surface area contributed by atoms with Crippen LogP contribution in [0, 0.1) is 11.8 Å². The number of phenolic OH excluding ortho intramolecular Hbond substituents is 1. The summed E-state index contributed by atoms with van der Waals surface area (Å²) in [7, 11) is 0. The van der Waals surface area contributed by atoms with Crippen molar-refractivity contribution in [3.8, 4) is 5.75 Å². The fraction of sp³-hybridized carbons (Fsp3) is 0.625. The fourth-order valence-electron chi connectivity index (χ4n) is 4.37. The second-order valence-electron chi connectivity index (χ2n) is 6.27. The van der Waals surface area contributed by atoms with Gasteiger partial charge in [-0.2, -0.15) is 0 Å². The highest BCUT2D eigenvalue weighted by molar-refractivity contribution is 5.42. The van der Waals surface area contributed by atoms with Crippen LogP contribution in [0.15, 0.2) is 18.2 Å². The fourth-order valence-corrected chi connectivity index (χ4v) is 4.37. The van der Waals surface area contributed by atoms with Gasteiger partial charge in [0, 0.05) is 0 Å². The van der Waals surface area contributed by atoms with Gasteiger partial charge >= 0.3 is 0 Å². The highest BCUT2D eigenvalue weighted by atomic mass is 16.3. The topological polar surface area (TPSA) is 20.2 Å². The number of aryl methyl sites for hydroxylation is 1. The molecule has 0 amide bonds. The predicted molar refractivity (Wildman–Crippen MR) is 70.3 cm³/mol. The molecular formula is C16H22O. The number of hydrogen-bond acceptors (Lipinski definition) is 1. The lowest BCUT2D eigenvalue weighted by molar-refractivity contribution is 0.117. The molecule has 0 heterocycles. The third kappa shape index (κ3) is 1.59. The van der Waals surface area contributed by atoms with Crippen molar-refractivity contribution in [2.45, 2.75) is 51.4 Å². The molecule has 3 unspecified atom stereocenters. The molecule has 1 aromatic carbocycles. The van der Waals surface area contributed by atoms with Crippen LogP contribution in [0.4, 0.5) is 0 Å². The molecule has 0 spiro atoms.